The predicted molar refractivity (Wildman–Crippen MR) is 135 cm³/mol. The molecular weight excluding hydrogens is 448 g/mol. The lowest BCUT2D eigenvalue weighted by molar-refractivity contribution is -0.136. The summed E-state index contributed by atoms with van der Waals surface area (Å²) < 4.78 is 22.7. The summed E-state index contributed by atoms with van der Waals surface area (Å²) in [6.45, 7) is 8.15. The Hall–Kier alpha value is -3.33. The van der Waals surface area contributed by atoms with Gasteiger partial charge in [0.2, 0.25) is 0 Å². The molecule has 0 radical (unpaired) electrons. The molecule has 0 aromatic heterocycles. The Labute approximate surface area is 207 Å². The van der Waals surface area contributed by atoms with E-state index < -0.39 is 5.97 Å². The van der Waals surface area contributed by atoms with Crippen molar-refractivity contribution >= 4 is 17.3 Å². The topological polar surface area (TPSA) is 85.2 Å². The molecule has 0 aliphatic carbocycles. The Morgan fingerprint density at radius 3 is 2.51 bits per heavy atom. The standard InChI is InChI=1S/C26H36N4O5/c1-5-7-15-35-23-19-22(30-12-16-33-17-13-30)24(34-14-6-2)18-20(23)27-28-25(26(31)32-4)21-10-8-9-11-29(21)3/h8-11,18-19H,5-7,12-17H2,1-4H3/b25-21-,28-27?. The zero-order chi connectivity index (χ0) is 25.0. The van der Waals surface area contributed by atoms with Gasteiger partial charge in [-0.05, 0) is 25.0 Å². The average molecular weight is 485 g/mol. The quantitative estimate of drug-likeness (QED) is 0.190. The molecule has 1 aromatic carbocycles. The van der Waals surface area contributed by atoms with Crippen LogP contribution in [0.15, 0.2) is 58.2 Å². The molecule has 0 amide bonds. The summed E-state index contributed by atoms with van der Waals surface area (Å²) in [7, 11) is 3.16. The van der Waals surface area contributed by atoms with E-state index in [2.05, 4.69) is 29.0 Å². The number of ether oxygens (including phenoxy) is 4. The van der Waals surface area contributed by atoms with Crippen molar-refractivity contribution in [3.05, 3.63) is 48.0 Å². The van der Waals surface area contributed by atoms with Crippen molar-refractivity contribution in [3.8, 4) is 11.5 Å². The van der Waals surface area contributed by atoms with Gasteiger partial charge < -0.3 is 28.7 Å². The molecule has 1 aromatic rings. The maximum atomic E-state index is 12.5. The third-order valence-electron chi connectivity index (χ3n) is 5.54. The van der Waals surface area contributed by atoms with Crippen LogP contribution in [0.4, 0.5) is 11.4 Å². The second kappa shape index (κ2) is 13.5. The Morgan fingerprint density at radius 1 is 1.06 bits per heavy atom. The third-order valence-corrected chi connectivity index (χ3v) is 5.54. The summed E-state index contributed by atoms with van der Waals surface area (Å²) in [5.74, 6) is 0.723. The summed E-state index contributed by atoms with van der Waals surface area (Å²) >= 11 is 0. The number of esters is 1. The lowest BCUT2D eigenvalue weighted by Gasteiger charge is -2.30. The minimum atomic E-state index is -0.573. The van der Waals surface area contributed by atoms with Gasteiger partial charge in [-0.25, -0.2) is 4.79 Å². The van der Waals surface area contributed by atoms with Crippen LogP contribution in [0.2, 0.25) is 0 Å². The van der Waals surface area contributed by atoms with Gasteiger partial charge in [-0.2, -0.15) is 0 Å². The second-order valence-electron chi connectivity index (χ2n) is 8.17. The van der Waals surface area contributed by atoms with E-state index in [0.29, 0.717) is 49.3 Å². The highest BCUT2D eigenvalue weighted by atomic mass is 16.5. The summed E-state index contributed by atoms with van der Waals surface area (Å²) in [4.78, 5) is 16.6. The molecule has 0 unspecified atom stereocenters. The maximum Gasteiger partial charge on any atom is 0.360 e. The summed E-state index contributed by atoms with van der Waals surface area (Å²) in [6.07, 6.45) is 10.1. The van der Waals surface area contributed by atoms with Crippen molar-refractivity contribution in [2.24, 2.45) is 10.2 Å². The molecule has 3 rings (SSSR count). The normalized spacial score (nSPS) is 17.1. The number of unbranched alkanes of at least 4 members (excludes halogenated alkanes) is 1. The molecule has 2 aliphatic heterocycles. The van der Waals surface area contributed by atoms with E-state index in [1.807, 2.05) is 37.5 Å². The van der Waals surface area contributed by atoms with Crippen LogP contribution >= 0.6 is 0 Å². The average Bonchev–Trinajstić information content (AvgIpc) is 2.89. The minimum absolute atomic E-state index is 0.100. The van der Waals surface area contributed by atoms with Gasteiger partial charge in [0, 0.05) is 38.5 Å². The van der Waals surface area contributed by atoms with Crippen LogP contribution in [-0.4, -0.2) is 64.5 Å². The van der Waals surface area contributed by atoms with E-state index in [-0.39, 0.29) is 5.70 Å². The number of carbonyl (C=O) groups excluding carboxylic acids is 1. The molecule has 2 aliphatic rings. The fourth-order valence-electron chi connectivity index (χ4n) is 3.60. The molecule has 2 heterocycles. The van der Waals surface area contributed by atoms with Crippen molar-refractivity contribution in [2.75, 3.05) is 58.6 Å². The van der Waals surface area contributed by atoms with Gasteiger partial charge >= 0.3 is 5.97 Å². The van der Waals surface area contributed by atoms with E-state index in [0.717, 1.165) is 38.0 Å². The highest BCUT2D eigenvalue weighted by Gasteiger charge is 2.22. The van der Waals surface area contributed by atoms with Gasteiger partial charge in [0.25, 0.3) is 0 Å². The van der Waals surface area contributed by atoms with Crippen LogP contribution < -0.4 is 14.4 Å². The number of hydrogen-bond donors (Lipinski definition) is 0. The van der Waals surface area contributed by atoms with Crippen LogP contribution in [0.1, 0.15) is 33.1 Å². The molecule has 1 saturated heterocycles. The van der Waals surface area contributed by atoms with E-state index in [9.17, 15) is 4.79 Å². The maximum absolute atomic E-state index is 12.5. The number of anilines is 1. The van der Waals surface area contributed by atoms with Gasteiger partial charge in [0.1, 0.15) is 17.2 Å². The van der Waals surface area contributed by atoms with E-state index in [4.69, 9.17) is 18.9 Å². The highest BCUT2D eigenvalue weighted by molar-refractivity contribution is 5.89. The van der Waals surface area contributed by atoms with Crippen molar-refractivity contribution in [1.29, 1.82) is 0 Å². The fraction of sp³-hybridized carbons (Fsp3) is 0.500. The van der Waals surface area contributed by atoms with Crippen LogP contribution in [0, 0.1) is 0 Å². The van der Waals surface area contributed by atoms with E-state index in [1.54, 1.807) is 11.0 Å². The number of likely N-dealkylation sites (N-methyl/N-ethyl adjacent to an activating group) is 1. The zero-order valence-corrected chi connectivity index (χ0v) is 21.2. The monoisotopic (exact) mass is 484 g/mol. The molecule has 1 fully saturated rings. The lowest BCUT2D eigenvalue weighted by Crippen LogP contribution is -2.36. The first-order chi connectivity index (χ1) is 17.1. The molecule has 0 bridgehead atoms. The molecule has 0 atom stereocenters. The molecule has 0 N–H and O–H groups in total. The van der Waals surface area contributed by atoms with Crippen LogP contribution in [0.5, 0.6) is 11.5 Å². The number of azo groups is 1. The van der Waals surface area contributed by atoms with Gasteiger partial charge in [-0.3, -0.25) is 0 Å². The molecule has 35 heavy (non-hydrogen) atoms. The number of hydrogen-bond acceptors (Lipinski definition) is 9. The first kappa shape index (κ1) is 26.3. The van der Waals surface area contributed by atoms with Crippen LogP contribution in [0.3, 0.4) is 0 Å². The fourth-order valence-corrected chi connectivity index (χ4v) is 3.60. The molecule has 9 heteroatoms. The van der Waals surface area contributed by atoms with Crippen molar-refractivity contribution in [1.82, 2.24) is 4.90 Å². The van der Waals surface area contributed by atoms with Crippen molar-refractivity contribution in [2.45, 2.75) is 33.1 Å². The summed E-state index contributed by atoms with van der Waals surface area (Å²) in [5, 5.41) is 8.78. The molecular formula is C26H36N4O5. The van der Waals surface area contributed by atoms with Crippen molar-refractivity contribution < 1.29 is 23.7 Å². The van der Waals surface area contributed by atoms with Gasteiger partial charge in [0.05, 0.1) is 44.9 Å². The summed E-state index contributed by atoms with van der Waals surface area (Å²) in [6, 6.07) is 3.80. The largest absolute Gasteiger partial charge is 0.491 e. The number of carbonyl (C=O) groups is 1. The lowest BCUT2D eigenvalue weighted by atomic mass is 10.2. The first-order valence-corrected chi connectivity index (χ1v) is 12.2. The minimum Gasteiger partial charge on any atom is -0.491 e. The number of morpholine rings is 1. The van der Waals surface area contributed by atoms with Crippen molar-refractivity contribution in [3.63, 3.8) is 0 Å². The van der Waals surface area contributed by atoms with E-state index in [1.165, 1.54) is 7.11 Å². The summed E-state index contributed by atoms with van der Waals surface area (Å²) in [5.41, 5.74) is 2.12. The number of nitrogens with zero attached hydrogens (tertiary/aromatic N) is 4. The molecule has 0 saturated carbocycles. The molecule has 9 nitrogen and oxygen atoms in total. The second-order valence-corrected chi connectivity index (χ2v) is 8.17. The third kappa shape index (κ3) is 7.08. The Kier molecular flexibility index (Phi) is 10.2. The molecule has 190 valence electrons. The Balaban J connectivity index is 2.05. The first-order valence-electron chi connectivity index (χ1n) is 12.2. The smallest absolute Gasteiger partial charge is 0.360 e. The highest BCUT2D eigenvalue weighted by Crippen LogP contribution is 2.41. The number of rotatable bonds is 11. The van der Waals surface area contributed by atoms with Gasteiger partial charge in [-0.15, -0.1) is 10.2 Å². The number of benzene rings is 1. The van der Waals surface area contributed by atoms with Crippen LogP contribution in [-0.2, 0) is 14.3 Å². The van der Waals surface area contributed by atoms with Gasteiger partial charge in [0.15, 0.2) is 5.70 Å². The molecule has 0 spiro atoms. The predicted octanol–water partition coefficient (Wildman–Crippen LogP) is 4.97. The van der Waals surface area contributed by atoms with E-state index >= 15 is 0 Å². The number of methoxy groups -OCH3 is 1. The van der Waals surface area contributed by atoms with Gasteiger partial charge in [-0.1, -0.05) is 26.3 Å². The Bertz CT molecular complexity index is 980. The Morgan fingerprint density at radius 2 is 1.83 bits per heavy atom. The van der Waals surface area contributed by atoms with Crippen LogP contribution in [0.25, 0.3) is 0 Å². The zero-order valence-electron chi connectivity index (χ0n) is 21.2. The SMILES string of the molecule is CCCCOc1cc(N2CCOCC2)c(OCCC)cc1N=N/C(C(=O)OC)=C1/C=CC=CN1C. The number of allylic oxidation sites excluding steroid dienone is 3.